The van der Waals surface area contributed by atoms with Crippen LogP contribution < -0.4 is 5.73 Å². The van der Waals surface area contributed by atoms with E-state index in [4.69, 9.17) is 5.73 Å². The van der Waals surface area contributed by atoms with Crippen LogP contribution in [0.5, 0.6) is 0 Å². The molecule has 2 aromatic carbocycles. The summed E-state index contributed by atoms with van der Waals surface area (Å²) in [5, 5.41) is 10.1. The largest absolute Gasteiger partial charge is 0.398 e. The van der Waals surface area contributed by atoms with Gasteiger partial charge in [-0.3, -0.25) is 0 Å². The first-order valence-corrected chi connectivity index (χ1v) is 6.34. The topological polar surface area (TPSA) is 46.2 Å². The van der Waals surface area contributed by atoms with Gasteiger partial charge in [-0.25, -0.2) is 0 Å². The molecule has 0 saturated carbocycles. The fourth-order valence-corrected chi connectivity index (χ4v) is 2.11. The maximum absolute atomic E-state index is 10.1. The predicted octanol–water partition coefficient (Wildman–Crippen LogP) is 3.33. The zero-order valence-corrected chi connectivity index (χ0v) is 10.4. The van der Waals surface area contributed by atoms with Gasteiger partial charge in [-0.05, 0) is 30.9 Å². The van der Waals surface area contributed by atoms with Crippen LogP contribution in [0, 0.1) is 0 Å². The van der Waals surface area contributed by atoms with Gasteiger partial charge >= 0.3 is 0 Å². The summed E-state index contributed by atoms with van der Waals surface area (Å²) in [6, 6.07) is 17.8. The molecule has 2 rings (SSSR count). The van der Waals surface area contributed by atoms with E-state index in [0.29, 0.717) is 5.69 Å². The number of anilines is 1. The van der Waals surface area contributed by atoms with Gasteiger partial charge in [-0.1, -0.05) is 48.5 Å². The Labute approximate surface area is 108 Å². The third-order valence-electron chi connectivity index (χ3n) is 3.14. The quantitative estimate of drug-likeness (QED) is 0.789. The predicted molar refractivity (Wildman–Crippen MR) is 75.2 cm³/mol. The van der Waals surface area contributed by atoms with Gasteiger partial charge in [0.15, 0.2) is 0 Å². The Hall–Kier alpha value is -1.80. The number of rotatable bonds is 5. The van der Waals surface area contributed by atoms with Crippen LogP contribution in [0.2, 0.25) is 0 Å². The third-order valence-corrected chi connectivity index (χ3v) is 3.14. The minimum Gasteiger partial charge on any atom is -0.398 e. The molecule has 18 heavy (non-hydrogen) atoms. The number of para-hydroxylation sites is 1. The minimum absolute atomic E-state index is 0.463. The molecule has 0 saturated heterocycles. The normalized spacial score (nSPS) is 12.3. The molecule has 0 bridgehead atoms. The number of aliphatic hydroxyl groups is 1. The van der Waals surface area contributed by atoms with Gasteiger partial charge in [0.25, 0.3) is 0 Å². The van der Waals surface area contributed by atoms with Crippen LogP contribution in [0.1, 0.15) is 30.1 Å². The molecule has 2 aromatic rings. The summed E-state index contributed by atoms with van der Waals surface area (Å²) in [6.45, 7) is 0. The summed E-state index contributed by atoms with van der Waals surface area (Å²) in [7, 11) is 0. The molecular formula is C16H19NO. The van der Waals surface area contributed by atoms with E-state index in [9.17, 15) is 5.11 Å². The first kappa shape index (κ1) is 12.7. The van der Waals surface area contributed by atoms with Gasteiger partial charge in [0, 0.05) is 11.3 Å². The Balaban J connectivity index is 1.86. The van der Waals surface area contributed by atoms with Crippen molar-refractivity contribution in [2.45, 2.75) is 25.4 Å². The number of nitrogen functional groups attached to an aromatic ring is 1. The maximum atomic E-state index is 10.1. The summed E-state index contributed by atoms with van der Waals surface area (Å²) in [4.78, 5) is 0. The molecule has 0 heterocycles. The number of aryl methyl sites for hydroxylation is 1. The lowest BCUT2D eigenvalue weighted by Gasteiger charge is -2.13. The highest BCUT2D eigenvalue weighted by molar-refractivity contribution is 5.47. The number of hydrogen-bond acceptors (Lipinski definition) is 2. The van der Waals surface area contributed by atoms with Crippen LogP contribution in [-0.2, 0) is 6.42 Å². The summed E-state index contributed by atoms with van der Waals surface area (Å²) in [5.74, 6) is 0. The van der Waals surface area contributed by atoms with Crippen molar-refractivity contribution in [1.29, 1.82) is 0 Å². The van der Waals surface area contributed by atoms with Crippen molar-refractivity contribution in [3.05, 3.63) is 65.7 Å². The molecule has 3 N–H and O–H groups in total. The van der Waals surface area contributed by atoms with Crippen LogP contribution in [0.3, 0.4) is 0 Å². The number of hydrogen-bond donors (Lipinski definition) is 2. The van der Waals surface area contributed by atoms with Gasteiger partial charge in [0.05, 0.1) is 6.10 Å². The zero-order chi connectivity index (χ0) is 12.8. The van der Waals surface area contributed by atoms with Crippen LogP contribution in [0.15, 0.2) is 54.6 Å². The standard InChI is InChI=1S/C16H19NO/c17-15-11-5-4-10-14(15)16(18)12-6-9-13-7-2-1-3-8-13/h1-5,7-8,10-11,16,18H,6,9,12,17H2. The van der Waals surface area contributed by atoms with E-state index < -0.39 is 6.10 Å². The highest BCUT2D eigenvalue weighted by Crippen LogP contribution is 2.24. The lowest BCUT2D eigenvalue weighted by Crippen LogP contribution is -2.02. The van der Waals surface area contributed by atoms with Gasteiger partial charge in [0.1, 0.15) is 0 Å². The van der Waals surface area contributed by atoms with E-state index in [1.54, 1.807) is 0 Å². The fraction of sp³-hybridized carbons (Fsp3) is 0.250. The molecule has 0 amide bonds. The molecule has 2 nitrogen and oxygen atoms in total. The van der Waals surface area contributed by atoms with Gasteiger partial charge in [-0.15, -0.1) is 0 Å². The van der Waals surface area contributed by atoms with E-state index in [-0.39, 0.29) is 0 Å². The molecule has 94 valence electrons. The first-order chi connectivity index (χ1) is 8.77. The van der Waals surface area contributed by atoms with Crippen LogP contribution >= 0.6 is 0 Å². The van der Waals surface area contributed by atoms with Gasteiger partial charge in [0.2, 0.25) is 0 Å². The molecule has 1 unspecified atom stereocenters. The fourth-order valence-electron chi connectivity index (χ4n) is 2.11. The second-order valence-corrected chi connectivity index (χ2v) is 4.52. The average molecular weight is 241 g/mol. The Morgan fingerprint density at radius 1 is 0.944 bits per heavy atom. The van der Waals surface area contributed by atoms with Crippen molar-refractivity contribution in [3.8, 4) is 0 Å². The molecule has 2 heteroatoms. The van der Waals surface area contributed by atoms with Crippen LogP contribution in [-0.4, -0.2) is 5.11 Å². The lowest BCUT2D eigenvalue weighted by molar-refractivity contribution is 0.165. The van der Waals surface area contributed by atoms with E-state index in [1.165, 1.54) is 5.56 Å². The minimum atomic E-state index is -0.463. The summed E-state index contributed by atoms with van der Waals surface area (Å²) < 4.78 is 0. The number of benzene rings is 2. The lowest BCUT2D eigenvalue weighted by atomic mass is 10.0. The molecule has 1 atom stereocenters. The Bertz CT molecular complexity index is 481. The highest BCUT2D eigenvalue weighted by atomic mass is 16.3. The van der Waals surface area contributed by atoms with Gasteiger partial charge < -0.3 is 10.8 Å². The highest BCUT2D eigenvalue weighted by Gasteiger charge is 2.09. The summed E-state index contributed by atoms with van der Waals surface area (Å²) >= 11 is 0. The number of nitrogens with two attached hydrogens (primary N) is 1. The van der Waals surface area contributed by atoms with E-state index in [1.807, 2.05) is 42.5 Å². The molecular weight excluding hydrogens is 222 g/mol. The Morgan fingerprint density at radius 2 is 1.61 bits per heavy atom. The molecule has 0 aliphatic carbocycles. The molecule has 0 fully saturated rings. The molecule has 0 spiro atoms. The van der Waals surface area contributed by atoms with E-state index >= 15 is 0 Å². The van der Waals surface area contributed by atoms with E-state index in [0.717, 1.165) is 24.8 Å². The monoisotopic (exact) mass is 241 g/mol. The van der Waals surface area contributed by atoms with Crippen molar-refractivity contribution in [2.24, 2.45) is 0 Å². The smallest absolute Gasteiger partial charge is 0.0810 e. The summed E-state index contributed by atoms with van der Waals surface area (Å²) in [5.41, 5.74) is 8.66. The second kappa shape index (κ2) is 6.22. The van der Waals surface area contributed by atoms with Crippen molar-refractivity contribution in [1.82, 2.24) is 0 Å². The SMILES string of the molecule is Nc1ccccc1C(O)CCCc1ccccc1. The summed E-state index contributed by atoms with van der Waals surface area (Å²) in [6.07, 6.45) is 2.22. The molecule has 0 radical (unpaired) electrons. The van der Waals surface area contributed by atoms with Crippen molar-refractivity contribution < 1.29 is 5.11 Å². The maximum Gasteiger partial charge on any atom is 0.0810 e. The van der Waals surface area contributed by atoms with Crippen LogP contribution in [0.25, 0.3) is 0 Å². The first-order valence-electron chi connectivity index (χ1n) is 6.34. The zero-order valence-electron chi connectivity index (χ0n) is 10.4. The molecule has 0 aromatic heterocycles. The molecule has 0 aliphatic heterocycles. The second-order valence-electron chi connectivity index (χ2n) is 4.52. The average Bonchev–Trinajstić information content (AvgIpc) is 2.40. The van der Waals surface area contributed by atoms with E-state index in [2.05, 4.69) is 12.1 Å². The Morgan fingerprint density at radius 3 is 2.33 bits per heavy atom. The van der Waals surface area contributed by atoms with Crippen LogP contribution in [0.4, 0.5) is 5.69 Å². The number of aliphatic hydroxyl groups excluding tert-OH is 1. The van der Waals surface area contributed by atoms with Crippen molar-refractivity contribution >= 4 is 5.69 Å². The van der Waals surface area contributed by atoms with Crippen molar-refractivity contribution in [2.75, 3.05) is 5.73 Å². The third kappa shape index (κ3) is 3.34. The van der Waals surface area contributed by atoms with Crippen molar-refractivity contribution in [3.63, 3.8) is 0 Å². The van der Waals surface area contributed by atoms with Gasteiger partial charge in [-0.2, -0.15) is 0 Å². The molecule has 0 aliphatic rings. The Kier molecular flexibility index (Phi) is 4.37.